The minimum absolute atomic E-state index is 0.176. The Morgan fingerprint density at radius 2 is 1.74 bits per heavy atom. The van der Waals surface area contributed by atoms with Crippen molar-refractivity contribution < 1.29 is 4.21 Å². The largest absolute Gasteiger partial charge is 0.312 e. The highest BCUT2D eigenvalue weighted by Gasteiger charge is 2.20. The third kappa shape index (κ3) is 4.15. The molecule has 0 aromatic heterocycles. The molecule has 0 fully saturated rings. The van der Waals surface area contributed by atoms with Crippen LogP contribution in [0.2, 0.25) is 0 Å². The zero-order chi connectivity index (χ0) is 14.6. The summed E-state index contributed by atoms with van der Waals surface area (Å²) in [5, 5.41) is 3.60. The molecule has 0 amide bonds. The molecule has 0 aliphatic heterocycles. The van der Waals surface area contributed by atoms with Crippen molar-refractivity contribution in [3.8, 4) is 0 Å². The molecule has 1 rings (SSSR count). The molecular weight excluding hydrogens is 254 g/mol. The lowest BCUT2D eigenvalue weighted by molar-refractivity contribution is 0.623. The third-order valence-electron chi connectivity index (χ3n) is 3.79. The van der Waals surface area contributed by atoms with Crippen LogP contribution in [0.15, 0.2) is 12.1 Å². The van der Waals surface area contributed by atoms with E-state index in [2.05, 4.69) is 52.1 Å². The summed E-state index contributed by atoms with van der Waals surface area (Å²) < 4.78 is 12.3. The van der Waals surface area contributed by atoms with Crippen molar-refractivity contribution >= 4 is 10.8 Å². The van der Waals surface area contributed by atoms with E-state index in [4.69, 9.17) is 0 Å². The SMILES string of the molecule is CCC(C)S(=O)CC(NC)c1c(C)cc(C)cc1C. The number of hydrogen-bond donors (Lipinski definition) is 1. The van der Waals surface area contributed by atoms with Crippen molar-refractivity contribution in [1.82, 2.24) is 5.32 Å². The minimum atomic E-state index is -0.780. The van der Waals surface area contributed by atoms with Gasteiger partial charge < -0.3 is 5.32 Å². The fraction of sp³-hybridized carbons (Fsp3) is 0.625. The Labute approximate surface area is 120 Å². The lowest BCUT2D eigenvalue weighted by Gasteiger charge is -2.23. The summed E-state index contributed by atoms with van der Waals surface area (Å²) in [6, 6.07) is 4.59. The number of nitrogens with one attached hydrogen (secondary N) is 1. The van der Waals surface area contributed by atoms with Crippen LogP contribution >= 0.6 is 0 Å². The quantitative estimate of drug-likeness (QED) is 0.865. The Balaban J connectivity index is 3.01. The summed E-state index contributed by atoms with van der Waals surface area (Å²) in [7, 11) is 1.18. The Morgan fingerprint density at radius 3 is 2.16 bits per heavy atom. The van der Waals surface area contributed by atoms with Crippen LogP contribution in [0.4, 0.5) is 0 Å². The molecule has 108 valence electrons. The van der Waals surface area contributed by atoms with Crippen molar-refractivity contribution in [1.29, 1.82) is 0 Å². The van der Waals surface area contributed by atoms with Crippen LogP contribution in [-0.2, 0) is 10.8 Å². The molecular formula is C16H27NOS. The number of aryl methyl sites for hydroxylation is 3. The van der Waals surface area contributed by atoms with Crippen LogP contribution < -0.4 is 5.32 Å². The van der Waals surface area contributed by atoms with Crippen LogP contribution in [0, 0.1) is 20.8 Å². The zero-order valence-electron chi connectivity index (χ0n) is 13.0. The molecule has 0 bridgehead atoms. The molecule has 19 heavy (non-hydrogen) atoms. The molecule has 3 atom stereocenters. The summed E-state index contributed by atoms with van der Waals surface area (Å²) in [4.78, 5) is 0. The Morgan fingerprint density at radius 1 is 1.21 bits per heavy atom. The van der Waals surface area contributed by atoms with E-state index in [0.29, 0.717) is 5.75 Å². The van der Waals surface area contributed by atoms with Gasteiger partial charge in [0.1, 0.15) is 0 Å². The van der Waals surface area contributed by atoms with Crippen molar-refractivity contribution in [2.24, 2.45) is 0 Å². The molecule has 0 aliphatic carbocycles. The van der Waals surface area contributed by atoms with Crippen LogP contribution in [0.3, 0.4) is 0 Å². The highest BCUT2D eigenvalue weighted by atomic mass is 32.2. The fourth-order valence-electron chi connectivity index (χ4n) is 2.57. The van der Waals surface area contributed by atoms with E-state index < -0.39 is 10.8 Å². The van der Waals surface area contributed by atoms with Gasteiger partial charge in [-0.25, -0.2) is 0 Å². The first-order valence-corrected chi connectivity index (χ1v) is 8.41. The van der Waals surface area contributed by atoms with E-state index in [1.165, 1.54) is 22.3 Å². The van der Waals surface area contributed by atoms with Crippen LogP contribution in [0.5, 0.6) is 0 Å². The zero-order valence-corrected chi connectivity index (χ0v) is 13.9. The Hall–Kier alpha value is -0.670. The van der Waals surface area contributed by atoms with E-state index in [0.717, 1.165) is 6.42 Å². The van der Waals surface area contributed by atoms with Gasteiger partial charge in [-0.1, -0.05) is 31.5 Å². The number of rotatable bonds is 6. The van der Waals surface area contributed by atoms with E-state index >= 15 is 0 Å². The molecule has 0 radical (unpaired) electrons. The topological polar surface area (TPSA) is 29.1 Å². The van der Waals surface area contributed by atoms with Crippen molar-refractivity contribution in [2.75, 3.05) is 12.8 Å². The molecule has 1 N–H and O–H groups in total. The Bertz CT molecular complexity index is 433. The normalized spacial score (nSPS) is 16.1. The molecule has 3 heteroatoms. The molecule has 3 unspecified atom stereocenters. The molecule has 2 nitrogen and oxygen atoms in total. The second-order valence-electron chi connectivity index (χ2n) is 5.42. The Kier molecular flexibility index (Phi) is 6.21. The summed E-state index contributed by atoms with van der Waals surface area (Å²) in [6.07, 6.45) is 0.967. The maximum Gasteiger partial charge on any atom is 0.0439 e. The van der Waals surface area contributed by atoms with Gasteiger partial charge >= 0.3 is 0 Å². The van der Waals surface area contributed by atoms with Gasteiger partial charge in [0.2, 0.25) is 0 Å². The highest BCUT2D eigenvalue weighted by Crippen LogP contribution is 2.25. The van der Waals surface area contributed by atoms with E-state index in [-0.39, 0.29) is 11.3 Å². The summed E-state index contributed by atoms with van der Waals surface area (Å²) in [5.41, 5.74) is 5.18. The smallest absolute Gasteiger partial charge is 0.0439 e. The third-order valence-corrected chi connectivity index (χ3v) is 5.68. The monoisotopic (exact) mass is 281 g/mol. The van der Waals surface area contributed by atoms with Gasteiger partial charge in [-0.3, -0.25) is 4.21 Å². The van der Waals surface area contributed by atoms with Gasteiger partial charge in [0.25, 0.3) is 0 Å². The van der Waals surface area contributed by atoms with Crippen LogP contribution in [0.1, 0.15) is 48.6 Å². The van der Waals surface area contributed by atoms with Gasteiger partial charge in [0, 0.05) is 27.8 Å². The van der Waals surface area contributed by atoms with Crippen molar-refractivity contribution in [3.63, 3.8) is 0 Å². The van der Waals surface area contributed by atoms with Gasteiger partial charge in [-0.05, 0) is 50.9 Å². The van der Waals surface area contributed by atoms with Crippen molar-refractivity contribution in [3.05, 3.63) is 34.4 Å². The van der Waals surface area contributed by atoms with E-state index in [1.807, 2.05) is 7.05 Å². The molecule has 0 saturated heterocycles. The standard InChI is InChI=1S/C16H27NOS/c1-7-14(5)19(18)10-15(17-6)16-12(3)8-11(2)9-13(16)4/h8-9,14-15,17H,7,10H2,1-6H3. The predicted octanol–water partition coefficient (Wildman–Crippen LogP) is 3.42. The molecule has 0 heterocycles. The fourth-order valence-corrected chi connectivity index (χ4v) is 3.93. The molecule has 0 saturated carbocycles. The van der Waals surface area contributed by atoms with E-state index in [9.17, 15) is 4.21 Å². The van der Waals surface area contributed by atoms with Gasteiger partial charge in [0.05, 0.1) is 0 Å². The summed E-state index contributed by atoms with van der Waals surface area (Å²) in [5.74, 6) is 0.691. The lowest BCUT2D eigenvalue weighted by atomic mass is 9.95. The van der Waals surface area contributed by atoms with Crippen LogP contribution in [-0.4, -0.2) is 22.3 Å². The van der Waals surface area contributed by atoms with Gasteiger partial charge in [-0.15, -0.1) is 0 Å². The molecule has 1 aromatic carbocycles. The summed E-state index contributed by atoms with van der Waals surface area (Å²) in [6.45, 7) is 10.6. The average molecular weight is 281 g/mol. The van der Waals surface area contributed by atoms with Crippen LogP contribution in [0.25, 0.3) is 0 Å². The first-order chi connectivity index (χ1) is 8.90. The average Bonchev–Trinajstić information content (AvgIpc) is 2.34. The van der Waals surface area contributed by atoms with Crippen molar-refractivity contribution in [2.45, 2.75) is 52.3 Å². The maximum atomic E-state index is 12.3. The number of benzene rings is 1. The second-order valence-corrected chi connectivity index (χ2v) is 7.32. The predicted molar refractivity (Wildman–Crippen MR) is 85.2 cm³/mol. The maximum absolute atomic E-state index is 12.3. The first-order valence-electron chi connectivity index (χ1n) is 7.02. The molecule has 1 aromatic rings. The highest BCUT2D eigenvalue weighted by molar-refractivity contribution is 7.85. The molecule has 0 aliphatic rings. The van der Waals surface area contributed by atoms with Gasteiger partial charge in [0.15, 0.2) is 0 Å². The minimum Gasteiger partial charge on any atom is -0.312 e. The van der Waals surface area contributed by atoms with E-state index in [1.54, 1.807) is 0 Å². The van der Waals surface area contributed by atoms with Gasteiger partial charge in [-0.2, -0.15) is 0 Å². The number of hydrogen-bond acceptors (Lipinski definition) is 2. The lowest BCUT2D eigenvalue weighted by Crippen LogP contribution is -2.27. The second kappa shape index (κ2) is 7.20. The summed E-state index contributed by atoms with van der Waals surface area (Å²) >= 11 is 0. The first kappa shape index (κ1) is 16.4. The molecule has 0 spiro atoms.